The number of piperidine rings is 1. The normalized spacial score (nSPS) is 20.0. The molecule has 1 unspecified atom stereocenters. The van der Waals surface area contributed by atoms with Crippen molar-refractivity contribution in [2.75, 3.05) is 33.4 Å². The van der Waals surface area contributed by atoms with Crippen molar-refractivity contribution >= 4 is 5.78 Å². The lowest BCUT2D eigenvalue weighted by molar-refractivity contribution is -0.120. The van der Waals surface area contributed by atoms with Gasteiger partial charge in [-0.15, -0.1) is 0 Å². The lowest BCUT2D eigenvalue weighted by atomic mass is 9.98. The summed E-state index contributed by atoms with van der Waals surface area (Å²) >= 11 is 0. The van der Waals surface area contributed by atoms with Crippen molar-refractivity contribution in [2.45, 2.75) is 19.3 Å². The predicted octanol–water partition coefficient (Wildman–Crippen LogP) is 2.30. The molecule has 0 aliphatic carbocycles. The Balaban J connectivity index is 1.84. The number of halogens is 1. The third kappa shape index (κ3) is 4.39. The van der Waals surface area contributed by atoms with E-state index in [4.69, 9.17) is 4.74 Å². The van der Waals surface area contributed by atoms with Crippen LogP contribution in [0, 0.1) is 11.7 Å². The molecule has 0 radical (unpaired) electrons. The number of benzene rings is 1. The molecular formula is C16H22FNO2. The summed E-state index contributed by atoms with van der Waals surface area (Å²) in [6.07, 6.45) is 2.44. The van der Waals surface area contributed by atoms with Crippen molar-refractivity contribution in [2.24, 2.45) is 5.92 Å². The van der Waals surface area contributed by atoms with Gasteiger partial charge in [0.1, 0.15) is 5.82 Å². The SMILES string of the molecule is COCC1CCCN(CC(=O)Cc2ccccc2F)C1. The summed E-state index contributed by atoms with van der Waals surface area (Å²) in [5, 5.41) is 0. The maximum absolute atomic E-state index is 13.5. The van der Waals surface area contributed by atoms with Crippen molar-refractivity contribution in [1.82, 2.24) is 4.90 Å². The fourth-order valence-electron chi connectivity index (χ4n) is 2.83. The second kappa shape index (κ2) is 7.50. The predicted molar refractivity (Wildman–Crippen MR) is 76.2 cm³/mol. The Morgan fingerprint density at radius 2 is 2.25 bits per heavy atom. The van der Waals surface area contributed by atoms with Crippen LogP contribution in [0.4, 0.5) is 4.39 Å². The lowest BCUT2D eigenvalue weighted by Crippen LogP contribution is -2.40. The van der Waals surface area contributed by atoms with Crippen LogP contribution in [0.5, 0.6) is 0 Å². The molecule has 0 spiro atoms. The molecular weight excluding hydrogens is 257 g/mol. The Bertz CT molecular complexity index is 448. The summed E-state index contributed by atoms with van der Waals surface area (Å²) in [5.41, 5.74) is 0.489. The van der Waals surface area contributed by atoms with Gasteiger partial charge in [0, 0.05) is 20.1 Å². The first kappa shape index (κ1) is 15.1. The molecule has 1 fully saturated rings. The zero-order valence-corrected chi connectivity index (χ0v) is 12.0. The highest BCUT2D eigenvalue weighted by molar-refractivity contribution is 5.82. The molecule has 0 saturated carbocycles. The summed E-state index contributed by atoms with van der Waals surface area (Å²) in [6.45, 7) is 3.01. The molecule has 20 heavy (non-hydrogen) atoms. The Hall–Kier alpha value is -1.26. The average molecular weight is 279 g/mol. The Labute approximate surface area is 119 Å². The zero-order valence-electron chi connectivity index (χ0n) is 12.0. The van der Waals surface area contributed by atoms with Crippen LogP contribution in [0.3, 0.4) is 0 Å². The number of Topliss-reactive ketones (excluding diaryl/α,β-unsaturated/α-hetero) is 1. The number of methoxy groups -OCH3 is 1. The second-order valence-corrected chi connectivity index (χ2v) is 5.51. The van der Waals surface area contributed by atoms with Gasteiger partial charge in [0.25, 0.3) is 0 Å². The first-order valence-corrected chi connectivity index (χ1v) is 7.15. The van der Waals surface area contributed by atoms with Gasteiger partial charge in [-0.3, -0.25) is 9.69 Å². The van der Waals surface area contributed by atoms with Gasteiger partial charge in [-0.2, -0.15) is 0 Å². The summed E-state index contributed by atoms with van der Waals surface area (Å²) < 4.78 is 18.7. The quantitative estimate of drug-likeness (QED) is 0.800. The van der Waals surface area contributed by atoms with Gasteiger partial charge in [-0.1, -0.05) is 18.2 Å². The molecule has 0 aromatic heterocycles. The average Bonchev–Trinajstić information content (AvgIpc) is 2.42. The molecule has 1 atom stereocenters. The van der Waals surface area contributed by atoms with E-state index < -0.39 is 0 Å². The number of ketones is 1. The molecule has 110 valence electrons. The van der Waals surface area contributed by atoms with Gasteiger partial charge in [-0.05, 0) is 36.9 Å². The van der Waals surface area contributed by atoms with E-state index in [1.54, 1.807) is 25.3 Å². The number of nitrogens with zero attached hydrogens (tertiary/aromatic N) is 1. The van der Waals surface area contributed by atoms with Crippen LogP contribution in [0.2, 0.25) is 0 Å². The van der Waals surface area contributed by atoms with Crippen LogP contribution in [0.1, 0.15) is 18.4 Å². The molecule has 1 saturated heterocycles. The standard InChI is InChI=1S/C16H22FNO2/c1-20-12-13-5-4-8-18(10-13)11-15(19)9-14-6-2-3-7-16(14)17/h2-3,6-7,13H,4-5,8-12H2,1H3. The molecule has 1 aromatic rings. The van der Waals surface area contributed by atoms with Gasteiger partial charge < -0.3 is 4.74 Å². The van der Waals surface area contributed by atoms with Crippen LogP contribution in [-0.2, 0) is 16.0 Å². The topological polar surface area (TPSA) is 29.5 Å². The fraction of sp³-hybridized carbons (Fsp3) is 0.562. The molecule has 2 rings (SSSR count). The van der Waals surface area contributed by atoms with E-state index in [9.17, 15) is 9.18 Å². The smallest absolute Gasteiger partial charge is 0.151 e. The van der Waals surface area contributed by atoms with E-state index in [1.165, 1.54) is 6.07 Å². The highest BCUT2D eigenvalue weighted by Gasteiger charge is 2.21. The minimum Gasteiger partial charge on any atom is -0.384 e. The van der Waals surface area contributed by atoms with E-state index in [1.807, 2.05) is 0 Å². The van der Waals surface area contributed by atoms with Crippen molar-refractivity contribution < 1.29 is 13.9 Å². The van der Waals surface area contributed by atoms with Crippen LogP contribution in [0.15, 0.2) is 24.3 Å². The van der Waals surface area contributed by atoms with E-state index in [0.717, 1.165) is 32.5 Å². The molecule has 0 amide bonds. The number of likely N-dealkylation sites (tertiary alicyclic amines) is 1. The van der Waals surface area contributed by atoms with Crippen LogP contribution >= 0.6 is 0 Å². The molecule has 1 aromatic carbocycles. The van der Waals surface area contributed by atoms with Crippen LogP contribution < -0.4 is 0 Å². The summed E-state index contributed by atoms with van der Waals surface area (Å²) in [6, 6.07) is 6.49. The summed E-state index contributed by atoms with van der Waals surface area (Å²) in [4.78, 5) is 14.2. The lowest BCUT2D eigenvalue weighted by Gasteiger charge is -2.31. The van der Waals surface area contributed by atoms with E-state index in [-0.39, 0.29) is 18.0 Å². The maximum atomic E-state index is 13.5. The molecule has 0 N–H and O–H groups in total. The zero-order chi connectivity index (χ0) is 14.4. The first-order valence-electron chi connectivity index (χ1n) is 7.15. The third-order valence-corrected chi connectivity index (χ3v) is 3.75. The van der Waals surface area contributed by atoms with E-state index >= 15 is 0 Å². The van der Waals surface area contributed by atoms with Gasteiger partial charge in [0.05, 0.1) is 13.2 Å². The number of rotatable bonds is 6. The number of carbonyl (C=O) groups excluding carboxylic acids is 1. The van der Waals surface area contributed by atoms with Gasteiger partial charge in [-0.25, -0.2) is 4.39 Å². The summed E-state index contributed by atoms with van der Waals surface area (Å²) in [7, 11) is 1.71. The molecule has 4 heteroatoms. The molecule has 1 aliphatic rings. The van der Waals surface area contributed by atoms with Crippen molar-refractivity contribution in [1.29, 1.82) is 0 Å². The molecule has 1 aliphatic heterocycles. The molecule has 0 bridgehead atoms. The number of carbonyl (C=O) groups is 1. The number of hydrogen-bond acceptors (Lipinski definition) is 3. The van der Waals surface area contributed by atoms with Crippen molar-refractivity contribution in [3.05, 3.63) is 35.6 Å². The number of hydrogen-bond donors (Lipinski definition) is 0. The fourth-order valence-corrected chi connectivity index (χ4v) is 2.83. The van der Waals surface area contributed by atoms with E-state index in [0.29, 0.717) is 18.0 Å². The molecule has 1 heterocycles. The largest absolute Gasteiger partial charge is 0.384 e. The van der Waals surface area contributed by atoms with Crippen molar-refractivity contribution in [3.63, 3.8) is 0 Å². The second-order valence-electron chi connectivity index (χ2n) is 5.51. The van der Waals surface area contributed by atoms with Crippen LogP contribution in [0.25, 0.3) is 0 Å². The van der Waals surface area contributed by atoms with E-state index in [2.05, 4.69) is 4.90 Å². The van der Waals surface area contributed by atoms with Crippen molar-refractivity contribution in [3.8, 4) is 0 Å². The Morgan fingerprint density at radius 1 is 1.45 bits per heavy atom. The Morgan fingerprint density at radius 3 is 3.00 bits per heavy atom. The molecule has 3 nitrogen and oxygen atoms in total. The minimum atomic E-state index is -0.295. The van der Waals surface area contributed by atoms with Gasteiger partial charge in [0.15, 0.2) is 5.78 Å². The van der Waals surface area contributed by atoms with Gasteiger partial charge >= 0.3 is 0 Å². The highest BCUT2D eigenvalue weighted by atomic mass is 19.1. The highest BCUT2D eigenvalue weighted by Crippen LogP contribution is 2.17. The third-order valence-electron chi connectivity index (χ3n) is 3.75. The summed E-state index contributed by atoms with van der Waals surface area (Å²) in [5.74, 6) is 0.292. The monoisotopic (exact) mass is 279 g/mol. The number of ether oxygens (including phenoxy) is 1. The Kier molecular flexibility index (Phi) is 5.68. The van der Waals surface area contributed by atoms with Gasteiger partial charge in [0.2, 0.25) is 0 Å². The minimum absolute atomic E-state index is 0.0770. The van der Waals surface area contributed by atoms with Crippen LogP contribution in [-0.4, -0.2) is 44.0 Å². The first-order chi connectivity index (χ1) is 9.69. The maximum Gasteiger partial charge on any atom is 0.151 e.